The van der Waals surface area contributed by atoms with Crippen LogP contribution >= 0.6 is 0 Å². The molecule has 0 atom stereocenters. The summed E-state index contributed by atoms with van der Waals surface area (Å²) in [6.07, 6.45) is 0. The number of azo groups is 1. The van der Waals surface area contributed by atoms with E-state index in [-0.39, 0.29) is 0 Å². The summed E-state index contributed by atoms with van der Waals surface area (Å²) in [6.45, 7) is 0. The number of H-pyrrole nitrogens is 1. The molecule has 1 aromatic heterocycles. The minimum Gasteiger partial charge on any atom is -0.255 e. The predicted octanol–water partition coefficient (Wildman–Crippen LogP) is 3.37. The van der Waals surface area contributed by atoms with Crippen LogP contribution in [0.5, 0.6) is 0 Å². The Morgan fingerprint density at radius 3 is 2.65 bits per heavy atom. The molecule has 0 fully saturated rings. The maximum absolute atomic E-state index is 4.19. The van der Waals surface area contributed by atoms with Gasteiger partial charge in [0.1, 0.15) is 16.7 Å². The van der Waals surface area contributed by atoms with E-state index in [4.69, 9.17) is 0 Å². The van der Waals surface area contributed by atoms with Crippen LogP contribution in [0.1, 0.15) is 0 Å². The van der Waals surface area contributed by atoms with E-state index >= 15 is 0 Å². The number of para-hydroxylation sites is 1. The number of nitrogens with one attached hydrogen (secondary N) is 1. The van der Waals surface area contributed by atoms with Crippen LogP contribution in [-0.2, 0) is 0 Å². The quantitative estimate of drug-likeness (QED) is 0.677. The summed E-state index contributed by atoms with van der Waals surface area (Å²) in [5, 5.41) is 18.8. The summed E-state index contributed by atoms with van der Waals surface area (Å²) < 4.78 is 0. The summed E-state index contributed by atoms with van der Waals surface area (Å²) >= 11 is 0. The average molecular weight is 223 g/mol. The van der Waals surface area contributed by atoms with Gasteiger partial charge in [0.2, 0.25) is 0 Å². The first-order valence-corrected chi connectivity index (χ1v) is 5.20. The van der Waals surface area contributed by atoms with Crippen LogP contribution < -0.4 is 0 Å². The highest BCUT2D eigenvalue weighted by atomic mass is 15.3. The Bertz CT molecular complexity index is 657. The van der Waals surface area contributed by atoms with Gasteiger partial charge >= 0.3 is 0 Å². The smallest absolute Gasteiger partial charge is 0.115 e. The highest BCUT2D eigenvalue weighted by Gasteiger charge is 2.01. The Balaban J connectivity index is 2.00. The van der Waals surface area contributed by atoms with E-state index in [1.165, 1.54) is 0 Å². The summed E-state index contributed by atoms with van der Waals surface area (Å²) in [5.74, 6) is 0. The Kier molecular flexibility index (Phi) is 2.34. The highest BCUT2D eigenvalue weighted by molar-refractivity contribution is 5.85. The molecule has 17 heavy (non-hydrogen) atoms. The molecule has 0 radical (unpaired) electrons. The number of hydrogen-bond acceptors (Lipinski definition) is 4. The van der Waals surface area contributed by atoms with E-state index in [0.717, 1.165) is 22.4 Å². The molecule has 0 aliphatic heterocycles. The fourth-order valence-electron chi connectivity index (χ4n) is 1.54. The molecule has 1 N–H and O–H groups in total. The second kappa shape index (κ2) is 4.13. The Morgan fingerprint density at radius 2 is 1.76 bits per heavy atom. The van der Waals surface area contributed by atoms with Crippen molar-refractivity contribution in [1.82, 2.24) is 15.4 Å². The van der Waals surface area contributed by atoms with Crippen molar-refractivity contribution in [3.8, 4) is 0 Å². The lowest BCUT2D eigenvalue weighted by molar-refractivity contribution is 0.959. The van der Waals surface area contributed by atoms with Crippen LogP contribution in [0.2, 0.25) is 0 Å². The Labute approximate surface area is 97.2 Å². The van der Waals surface area contributed by atoms with Crippen molar-refractivity contribution in [3.05, 3.63) is 48.5 Å². The van der Waals surface area contributed by atoms with Gasteiger partial charge < -0.3 is 0 Å². The molecule has 0 bridgehead atoms. The van der Waals surface area contributed by atoms with E-state index in [1.54, 1.807) is 0 Å². The number of aromatic amines is 1. The van der Waals surface area contributed by atoms with Gasteiger partial charge in [-0.2, -0.15) is 5.11 Å². The Morgan fingerprint density at radius 1 is 0.882 bits per heavy atom. The van der Waals surface area contributed by atoms with E-state index in [9.17, 15) is 0 Å². The van der Waals surface area contributed by atoms with Crippen molar-refractivity contribution in [2.45, 2.75) is 0 Å². The molecule has 3 rings (SSSR count). The number of rotatable bonds is 2. The molecule has 0 amide bonds. The van der Waals surface area contributed by atoms with Crippen molar-refractivity contribution in [2.24, 2.45) is 10.2 Å². The summed E-state index contributed by atoms with van der Waals surface area (Å²) in [5.41, 5.74) is 3.13. The van der Waals surface area contributed by atoms with Gasteiger partial charge in [0.25, 0.3) is 0 Å². The van der Waals surface area contributed by atoms with Gasteiger partial charge in [0.05, 0.1) is 5.69 Å². The third-order valence-electron chi connectivity index (χ3n) is 2.37. The third-order valence-corrected chi connectivity index (χ3v) is 2.37. The molecule has 82 valence electrons. The molecule has 5 nitrogen and oxygen atoms in total. The normalized spacial score (nSPS) is 11.3. The first-order chi connectivity index (χ1) is 8.43. The third kappa shape index (κ3) is 1.90. The van der Waals surface area contributed by atoms with Gasteiger partial charge in [-0.15, -0.1) is 10.2 Å². The monoisotopic (exact) mass is 223 g/mol. The highest BCUT2D eigenvalue weighted by Crippen LogP contribution is 2.24. The standard InChI is InChI=1S/C12H9N5/c1-2-5-9(6-3-1)13-14-10-7-4-8-11-12(10)16-17-15-11/h1-8H,(H,15,16,17)/b14-13+. The maximum Gasteiger partial charge on any atom is 0.115 e. The van der Waals surface area contributed by atoms with Crippen molar-refractivity contribution in [1.29, 1.82) is 0 Å². The zero-order valence-corrected chi connectivity index (χ0v) is 8.91. The second-order valence-corrected chi connectivity index (χ2v) is 3.52. The topological polar surface area (TPSA) is 66.3 Å². The largest absolute Gasteiger partial charge is 0.255 e. The zero-order chi connectivity index (χ0) is 11.5. The summed E-state index contributed by atoms with van der Waals surface area (Å²) in [7, 11) is 0. The van der Waals surface area contributed by atoms with E-state index in [1.807, 2.05) is 48.5 Å². The van der Waals surface area contributed by atoms with Crippen LogP contribution in [-0.4, -0.2) is 15.4 Å². The molecule has 1 heterocycles. The van der Waals surface area contributed by atoms with Crippen molar-refractivity contribution in [2.75, 3.05) is 0 Å². The number of nitrogens with zero attached hydrogens (tertiary/aromatic N) is 4. The lowest BCUT2D eigenvalue weighted by atomic mass is 10.3. The van der Waals surface area contributed by atoms with Gasteiger partial charge in [-0.25, -0.2) is 0 Å². The summed E-state index contributed by atoms with van der Waals surface area (Å²) in [4.78, 5) is 0. The van der Waals surface area contributed by atoms with Crippen LogP contribution in [0, 0.1) is 0 Å². The van der Waals surface area contributed by atoms with Gasteiger partial charge in [0, 0.05) is 0 Å². The predicted molar refractivity (Wildman–Crippen MR) is 64.5 cm³/mol. The number of benzene rings is 2. The van der Waals surface area contributed by atoms with Crippen LogP contribution in [0.4, 0.5) is 11.4 Å². The lowest BCUT2D eigenvalue weighted by Crippen LogP contribution is -1.70. The van der Waals surface area contributed by atoms with Crippen LogP contribution in [0.25, 0.3) is 11.0 Å². The van der Waals surface area contributed by atoms with Gasteiger partial charge in [0.15, 0.2) is 0 Å². The molecule has 0 saturated heterocycles. The SMILES string of the molecule is c1ccc(/N=N/c2cccc3nn[nH]c23)cc1. The number of aromatic nitrogens is 3. The first kappa shape index (κ1) is 9.65. The van der Waals surface area contributed by atoms with Crippen molar-refractivity contribution in [3.63, 3.8) is 0 Å². The van der Waals surface area contributed by atoms with Gasteiger partial charge in [-0.1, -0.05) is 29.5 Å². The molecule has 3 aromatic rings. The molecule has 0 aliphatic carbocycles. The molecular formula is C12H9N5. The van der Waals surface area contributed by atoms with Crippen LogP contribution in [0.3, 0.4) is 0 Å². The lowest BCUT2D eigenvalue weighted by Gasteiger charge is -1.93. The molecule has 0 aliphatic rings. The van der Waals surface area contributed by atoms with E-state index in [0.29, 0.717) is 0 Å². The molecule has 2 aromatic carbocycles. The Hall–Kier alpha value is -2.56. The van der Waals surface area contributed by atoms with E-state index < -0.39 is 0 Å². The van der Waals surface area contributed by atoms with Crippen molar-refractivity contribution >= 4 is 22.4 Å². The minimum absolute atomic E-state index is 0.733. The zero-order valence-electron chi connectivity index (χ0n) is 8.91. The molecule has 0 unspecified atom stereocenters. The fraction of sp³-hybridized carbons (Fsp3) is 0. The minimum atomic E-state index is 0.733. The fourth-order valence-corrected chi connectivity index (χ4v) is 1.54. The number of fused-ring (bicyclic) bond motifs is 1. The molecule has 5 heteroatoms. The van der Waals surface area contributed by atoms with Gasteiger partial charge in [-0.3, -0.25) is 5.10 Å². The van der Waals surface area contributed by atoms with E-state index in [2.05, 4.69) is 25.6 Å². The first-order valence-electron chi connectivity index (χ1n) is 5.20. The average Bonchev–Trinajstić information content (AvgIpc) is 2.86. The molecular weight excluding hydrogens is 214 g/mol. The van der Waals surface area contributed by atoms with Crippen LogP contribution in [0.15, 0.2) is 58.8 Å². The summed E-state index contributed by atoms with van der Waals surface area (Å²) in [6, 6.07) is 15.2. The van der Waals surface area contributed by atoms with Gasteiger partial charge in [-0.05, 0) is 24.3 Å². The van der Waals surface area contributed by atoms with Crippen molar-refractivity contribution < 1.29 is 0 Å². The number of hydrogen-bond donors (Lipinski definition) is 1. The molecule has 0 saturated carbocycles. The maximum atomic E-state index is 4.19. The molecule has 0 spiro atoms. The second-order valence-electron chi connectivity index (χ2n) is 3.52.